The van der Waals surface area contributed by atoms with Crippen molar-refractivity contribution < 1.29 is 8.83 Å². The van der Waals surface area contributed by atoms with Gasteiger partial charge in [0.15, 0.2) is 17.2 Å². The lowest BCUT2D eigenvalue weighted by molar-refractivity contribution is 0.571. The maximum Gasteiger partial charge on any atom is 0.206 e. The van der Waals surface area contributed by atoms with Crippen LogP contribution < -0.4 is 0 Å². The van der Waals surface area contributed by atoms with Gasteiger partial charge in [0.25, 0.3) is 0 Å². The van der Waals surface area contributed by atoms with E-state index < -0.39 is 0 Å². The Hall–Kier alpha value is -4.82. The Balaban J connectivity index is 1.90. The summed E-state index contributed by atoms with van der Waals surface area (Å²) in [5, 5.41) is 13.3. The molecule has 1 aliphatic carbocycles. The molecule has 1 aliphatic rings. The second kappa shape index (κ2) is 6.97. The lowest BCUT2D eigenvalue weighted by atomic mass is 9.88. The number of benzene rings is 1. The normalized spacial score (nSPS) is 14.7. The van der Waals surface area contributed by atoms with Crippen LogP contribution in [0, 0.1) is 18.0 Å². The number of furan rings is 2. The highest BCUT2D eigenvalue weighted by molar-refractivity contribution is 6.30. The van der Waals surface area contributed by atoms with Gasteiger partial charge in [-0.05, 0) is 24.3 Å². The van der Waals surface area contributed by atoms with Gasteiger partial charge >= 0.3 is 0 Å². The lowest BCUT2D eigenvalue weighted by Gasteiger charge is -2.20. The molecule has 0 spiro atoms. The molecule has 8 nitrogen and oxygen atoms in total. The Morgan fingerprint density at radius 1 is 0.800 bits per heavy atom. The van der Waals surface area contributed by atoms with Crippen molar-refractivity contribution in [3.05, 3.63) is 95.1 Å². The fourth-order valence-corrected chi connectivity index (χ4v) is 3.40. The zero-order valence-electron chi connectivity index (χ0n) is 15.3. The van der Waals surface area contributed by atoms with Gasteiger partial charge in [-0.3, -0.25) is 0 Å². The molecule has 0 atom stereocenters. The molecule has 8 heteroatoms. The summed E-state index contributed by atoms with van der Waals surface area (Å²) in [5.74, 6) is 0.965. The minimum Gasteiger partial charge on any atom is -0.463 e. The number of hydrogen-bond donors (Lipinski definition) is 0. The summed E-state index contributed by atoms with van der Waals surface area (Å²) in [6.45, 7) is 7.28. The minimum atomic E-state index is 0.347. The number of aliphatic imine (C=N–C) groups is 1. The molecule has 0 bridgehead atoms. The first-order valence-electron chi connectivity index (χ1n) is 8.83. The third-order valence-electron chi connectivity index (χ3n) is 4.60. The van der Waals surface area contributed by atoms with E-state index in [9.17, 15) is 5.26 Å². The van der Waals surface area contributed by atoms with Gasteiger partial charge in [-0.1, -0.05) is 24.3 Å². The van der Waals surface area contributed by atoms with Crippen molar-refractivity contribution in [2.75, 3.05) is 0 Å². The molecule has 0 saturated carbocycles. The zero-order chi connectivity index (χ0) is 20.5. The van der Waals surface area contributed by atoms with E-state index in [1.165, 1.54) is 12.5 Å². The van der Waals surface area contributed by atoms with Gasteiger partial charge in [-0.25, -0.2) is 9.97 Å². The molecule has 140 valence electrons. The summed E-state index contributed by atoms with van der Waals surface area (Å²) in [6.07, 6.45) is 4.91. The van der Waals surface area contributed by atoms with Gasteiger partial charge in [0.2, 0.25) is 6.19 Å². The van der Waals surface area contributed by atoms with Crippen LogP contribution in [0.4, 0.5) is 0 Å². The molecular weight excluding hydrogens is 380 g/mol. The Labute approximate surface area is 170 Å². The average Bonchev–Trinajstić information content (AvgIpc) is 3.49. The summed E-state index contributed by atoms with van der Waals surface area (Å²) < 4.78 is 11.1. The van der Waals surface area contributed by atoms with Crippen LogP contribution >= 0.6 is 0 Å². The number of rotatable bonds is 2. The van der Waals surface area contributed by atoms with Gasteiger partial charge in [-0.2, -0.15) is 16.8 Å². The van der Waals surface area contributed by atoms with Crippen molar-refractivity contribution in [2.45, 2.75) is 0 Å². The SMILES string of the molecule is [C-]#[N+]/N=C1\c2ccccc2/C(=N/C#N)c2nc(-c3ccco3)c(-c3ccco3)nc21. The summed E-state index contributed by atoms with van der Waals surface area (Å²) in [6, 6.07) is 14.3. The van der Waals surface area contributed by atoms with Gasteiger partial charge in [-0.15, -0.1) is 4.95 Å². The van der Waals surface area contributed by atoms with E-state index in [2.05, 4.69) is 15.0 Å². The van der Waals surface area contributed by atoms with E-state index in [1.54, 1.807) is 24.3 Å². The predicted molar refractivity (Wildman–Crippen MR) is 107 cm³/mol. The maximum absolute atomic E-state index is 9.30. The summed E-state index contributed by atoms with van der Waals surface area (Å²) in [5.41, 5.74) is 3.58. The maximum atomic E-state index is 9.30. The molecule has 3 aromatic heterocycles. The lowest BCUT2D eigenvalue weighted by Crippen LogP contribution is -2.25. The quantitative estimate of drug-likeness (QED) is 0.254. The molecule has 4 aromatic rings. The molecule has 0 amide bonds. The monoisotopic (exact) mass is 390 g/mol. The Bertz CT molecular complexity index is 1290. The van der Waals surface area contributed by atoms with Gasteiger partial charge < -0.3 is 8.83 Å². The van der Waals surface area contributed by atoms with Crippen LogP contribution in [0.1, 0.15) is 22.5 Å². The number of fused-ring (bicyclic) bond motifs is 2. The molecule has 0 aliphatic heterocycles. The van der Waals surface area contributed by atoms with Crippen molar-refractivity contribution >= 4 is 11.4 Å². The van der Waals surface area contributed by atoms with Crippen LogP contribution in [0.15, 0.2) is 80.0 Å². The highest BCUT2D eigenvalue weighted by Crippen LogP contribution is 2.34. The van der Waals surface area contributed by atoms with E-state index in [-0.39, 0.29) is 0 Å². The average molecular weight is 390 g/mol. The highest BCUT2D eigenvalue weighted by Gasteiger charge is 2.33. The predicted octanol–water partition coefficient (Wildman–Crippen LogP) is 4.30. The van der Waals surface area contributed by atoms with Crippen LogP contribution in [-0.4, -0.2) is 21.4 Å². The zero-order valence-corrected chi connectivity index (χ0v) is 15.3. The standard InChI is InChI=1S/C22H10N6O2/c1-24-28-18-14-7-3-2-6-13(14)17(25-12-23)21-22(18)27-20(16-9-5-11-30-16)19(26-21)15-8-4-10-29-15/h2-11H/b25-17-,28-18+. The first kappa shape index (κ1) is 17.3. The second-order valence-corrected chi connectivity index (χ2v) is 6.23. The Morgan fingerprint density at radius 3 is 1.87 bits per heavy atom. The Morgan fingerprint density at radius 2 is 1.37 bits per heavy atom. The molecule has 30 heavy (non-hydrogen) atoms. The largest absolute Gasteiger partial charge is 0.463 e. The van der Waals surface area contributed by atoms with Crippen molar-refractivity contribution in [3.8, 4) is 29.1 Å². The molecule has 0 radical (unpaired) electrons. The molecule has 0 saturated heterocycles. The van der Waals surface area contributed by atoms with Crippen LogP contribution in [0.3, 0.4) is 0 Å². The van der Waals surface area contributed by atoms with E-state index in [0.29, 0.717) is 56.8 Å². The molecule has 0 fully saturated rings. The van der Waals surface area contributed by atoms with Crippen molar-refractivity contribution in [2.24, 2.45) is 10.1 Å². The third kappa shape index (κ3) is 2.60. The number of aromatic nitrogens is 2. The smallest absolute Gasteiger partial charge is 0.206 e. The molecule has 5 rings (SSSR count). The van der Waals surface area contributed by atoms with Gasteiger partial charge in [0, 0.05) is 11.1 Å². The summed E-state index contributed by atoms with van der Waals surface area (Å²) in [4.78, 5) is 16.7. The van der Waals surface area contributed by atoms with Crippen molar-refractivity contribution in [1.82, 2.24) is 9.97 Å². The van der Waals surface area contributed by atoms with E-state index >= 15 is 0 Å². The molecule has 0 unspecified atom stereocenters. The molecule has 1 aromatic carbocycles. The van der Waals surface area contributed by atoms with E-state index in [4.69, 9.17) is 25.4 Å². The summed E-state index contributed by atoms with van der Waals surface area (Å²) >= 11 is 0. The Kier molecular flexibility index (Phi) is 4.02. The molecule has 0 N–H and O–H groups in total. The fourth-order valence-electron chi connectivity index (χ4n) is 3.40. The molecule has 3 heterocycles. The van der Waals surface area contributed by atoms with Gasteiger partial charge in [0.05, 0.1) is 17.6 Å². The van der Waals surface area contributed by atoms with Crippen molar-refractivity contribution in [1.29, 1.82) is 5.26 Å². The highest BCUT2D eigenvalue weighted by atomic mass is 16.3. The van der Waals surface area contributed by atoms with Crippen LogP contribution in [0.25, 0.3) is 27.9 Å². The number of nitriles is 1. The van der Waals surface area contributed by atoms with E-state index in [0.717, 1.165) is 0 Å². The number of nitrogens with zero attached hydrogens (tertiary/aromatic N) is 6. The van der Waals surface area contributed by atoms with Gasteiger partial charge in [0.1, 0.15) is 28.5 Å². The first-order chi connectivity index (χ1) is 14.8. The van der Waals surface area contributed by atoms with Crippen LogP contribution in [0.2, 0.25) is 0 Å². The summed E-state index contributed by atoms with van der Waals surface area (Å²) in [7, 11) is 0. The topological polar surface area (TPSA) is 105 Å². The second-order valence-electron chi connectivity index (χ2n) is 6.23. The fraction of sp³-hybridized carbons (Fsp3) is 0. The first-order valence-corrected chi connectivity index (χ1v) is 8.83. The van der Waals surface area contributed by atoms with Crippen LogP contribution in [-0.2, 0) is 0 Å². The van der Waals surface area contributed by atoms with Crippen LogP contribution in [0.5, 0.6) is 0 Å². The molecular formula is C22H10N6O2. The van der Waals surface area contributed by atoms with E-state index in [1.807, 2.05) is 30.5 Å². The third-order valence-corrected chi connectivity index (χ3v) is 4.60. The minimum absolute atomic E-state index is 0.347. The number of hydrogen-bond acceptors (Lipinski definition) is 7. The van der Waals surface area contributed by atoms with Crippen molar-refractivity contribution in [3.63, 3.8) is 0 Å².